The smallest absolute Gasteiger partial charge is 0.272 e. The first-order chi connectivity index (χ1) is 12.9. The molecular formula is C23H33N3O. The number of carbonyl (C=O) groups excluding carboxylic acids is 1. The van der Waals surface area contributed by atoms with Crippen LogP contribution in [0.25, 0.3) is 0 Å². The Morgan fingerprint density at radius 3 is 2.81 bits per heavy atom. The first-order valence-electron chi connectivity index (χ1n) is 10.3. The van der Waals surface area contributed by atoms with E-state index in [2.05, 4.69) is 50.1 Å². The van der Waals surface area contributed by atoms with Crippen molar-refractivity contribution in [3.63, 3.8) is 0 Å². The van der Waals surface area contributed by atoms with Crippen LogP contribution < -0.4 is 0 Å². The van der Waals surface area contributed by atoms with Crippen molar-refractivity contribution in [2.24, 2.45) is 18.9 Å². The molecule has 1 atom stereocenters. The molecule has 1 fully saturated rings. The third-order valence-corrected chi connectivity index (χ3v) is 5.66. The predicted molar refractivity (Wildman–Crippen MR) is 110 cm³/mol. The van der Waals surface area contributed by atoms with Gasteiger partial charge in [-0.1, -0.05) is 38.1 Å². The van der Waals surface area contributed by atoms with Gasteiger partial charge in [-0.05, 0) is 68.1 Å². The maximum atomic E-state index is 13.1. The third kappa shape index (κ3) is 5.00. The Balaban J connectivity index is 1.61. The zero-order chi connectivity index (χ0) is 19.4. The fourth-order valence-electron chi connectivity index (χ4n) is 4.14. The van der Waals surface area contributed by atoms with Gasteiger partial charge in [0.1, 0.15) is 5.69 Å². The highest BCUT2D eigenvalue weighted by atomic mass is 16.2. The summed E-state index contributed by atoms with van der Waals surface area (Å²) in [6.07, 6.45) is 5.49. The Morgan fingerprint density at radius 1 is 1.30 bits per heavy atom. The maximum Gasteiger partial charge on any atom is 0.272 e. The second-order valence-corrected chi connectivity index (χ2v) is 8.47. The number of aryl methyl sites for hydroxylation is 3. The average Bonchev–Trinajstić information content (AvgIpc) is 3.00. The fourth-order valence-corrected chi connectivity index (χ4v) is 4.14. The summed E-state index contributed by atoms with van der Waals surface area (Å²) in [6, 6.07) is 10.6. The van der Waals surface area contributed by atoms with Crippen LogP contribution in [0.5, 0.6) is 0 Å². The summed E-state index contributed by atoms with van der Waals surface area (Å²) >= 11 is 0. The van der Waals surface area contributed by atoms with E-state index in [9.17, 15) is 4.79 Å². The lowest BCUT2D eigenvalue weighted by Gasteiger charge is -2.33. The minimum absolute atomic E-state index is 0.139. The Morgan fingerprint density at radius 2 is 2.07 bits per heavy atom. The van der Waals surface area contributed by atoms with Gasteiger partial charge in [-0.3, -0.25) is 9.48 Å². The Bertz CT molecular complexity index is 778. The number of nitrogens with zero attached hydrogens (tertiary/aromatic N) is 3. The maximum absolute atomic E-state index is 13.1. The normalized spacial score (nSPS) is 17.5. The van der Waals surface area contributed by atoms with E-state index in [1.807, 2.05) is 18.0 Å². The van der Waals surface area contributed by atoms with Crippen molar-refractivity contribution < 1.29 is 4.79 Å². The molecule has 0 N–H and O–H groups in total. The number of hydrogen-bond acceptors (Lipinski definition) is 2. The quantitative estimate of drug-likeness (QED) is 0.758. The molecule has 0 bridgehead atoms. The molecule has 2 aromatic rings. The van der Waals surface area contributed by atoms with Crippen LogP contribution in [0.3, 0.4) is 0 Å². The summed E-state index contributed by atoms with van der Waals surface area (Å²) in [6.45, 7) is 8.28. The van der Waals surface area contributed by atoms with Gasteiger partial charge in [-0.25, -0.2) is 0 Å². The first kappa shape index (κ1) is 19.7. The lowest BCUT2D eigenvalue weighted by Crippen LogP contribution is -2.40. The zero-order valence-corrected chi connectivity index (χ0v) is 17.2. The molecule has 0 spiro atoms. The van der Waals surface area contributed by atoms with Gasteiger partial charge >= 0.3 is 0 Å². The molecule has 0 unspecified atom stereocenters. The molecule has 1 aromatic heterocycles. The fraction of sp³-hybridized carbons (Fsp3) is 0.565. The SMILES string of the molecule is Cc1ccccc1CC[C@H]1CCCN(C(=O)c2cc(CC(C)C)nn2C)C1. The molecule has 0 aliphatic carbocycles. The van der Waals surface area contributed by atoms with Crippen LogP contribution in [0.4, 0.5) is 0 Å². The number of carbonyl (C=O) groups is 1. The highest BCUT2D eigenvalue weighted by Gasteiger charge is 2.26. The van der Waals surface area contributed by atoms with E-state index in [0.717, 1.165) is 50.2 Å². The van der Waals surface area contributed by atoms with E-state index in [-0.39, 0.29) is 5.91 Å². The number of piperidine rings is 1. The monoisotopic (exact) mass is 367 g/mol. The third-order valence-electron chi connectivity index (χ3n) is 5.66. The van der Waals surface area contributed by atoms with E-state index in [1.165, 1.54) is 17.5 Å². The Labute approximate surface area is 163 Å². The molecule has 1 aliphatic heterocycles. The lowest BCUT2D eigenvalue weighted by molar-refractivity contribution is 0.0657. The van der Waals surface area contributed by atoms with Crippen molar-refractivity contribution in [1.82, 2.24) is 14.7 Å². The second kappa shape index (κ2) is 8.73. The van der Waals surface area contributed by atoms with Crippen molar-refractivity contribution in [2.45, 2.75) is 52.9 Å². The number of benzene rings is 1. The topological polar surface area (TPSA) is 38.1 Å². The molecule has 27 heavy (non-hydrogen) atoms. The van der Waals surface area contributed by atoms with E-state index in [4.69, 9.17) is 0 Å². The molecular weight excluding hydrogens is 334 g/mol. The summed E-state index contributed by atoms with van der Waals surface area (Å²) in [5, 5.41) is 4.54. The van der Waals surface area contributed by atoms with Gasteiger partial charge in [0.15, 0.2) is 0 Å². The summed E-state index contributed by atoms with van der Waals surface area (Å²) in [5.41, 5.74) is 4.55. The van der Waals surface area contributed by atoms with Gasteiger partial charge in [0, 0.05) is 20.1 Å². The molecule has 3 rings (SSSR count). The highest BCUT2D eigenvalue weighted by molar-refractivity contribution is 5.92. The molecule has 1 amide bonds. The van der Waals surface area contributed by atoms with Crippen molar-refractivity contribution in [3.05, 3.63) is 52.8 Å². The number of hydrogen-bond donors (Lipinski definition) is 0. The summed E-state index contributed by atoms with van der Waals surface area (Å²) in [5.74, 6) is 1.27. The van der Waals surface area contributed by atoms with Crippen molar-refractivity contribution in [1.29, 1.82) is 0 Å². The van der Waals surface area contributed by atoms with Crippen LogP contribution in [-0.2, 0) is 19.9 Å². The van der Waals surface area contributed by atoms with Gasteiger partial charge in [-0.2, -0.15) is 5.10 Å². The minimum Gasteiger partial charge on any atom is -0.337 e. The van der Waals surface area contributed by atoms with Crippen LogP contribution in [0.2, 0.25) is 0 Å². The van der Waals surface area contributed by atoms with E-state index < -0.39 is 0 Å². The van der Waals surface area contributed by atoms with Crippen molar-refractivity contribution in [2.75, 3.05) is 13.1 Å². The van der Waals surface area contributed by atoms with Gasteiger partial charge in [0.25, 0.3) is 5.91 Å². The van der Waals surface area contributed by atoms with E-state index in [0.29, 0.717) is 11.8 Å². The second-order valence-electron chi connectivity index (χ2n) is 8.47. The Kier molecular flexibility index (Phi) is 6.35. The van der Waals surface area contributed by atoms with Crippen LogP contribution in [0.1, 0.15) is 60.4 Å². The Hall–Kier alpha value is -2.10. The summed E-state index contributed by atoms with van der Waals surface area (Å²) in [4.78, 5) is 15.1. The molecule has 1 aromatic carbocycles. The lowest BCUT2D eigenvalue weighted by atomic mass is 9.90. The van der Waals surface area contributed by atoms with Gasteiger partial charge in [0.2, 0.25) is 0 Å². The van der Waals surface area contributed by atoms with Crippen molar-refractivity contribution >= 4 is 5.91 Å². The molecule has 0 saturated carbocycles. The molecule has 4 heteroatoms. The highest BCUT2D eigenvalue weighted by Crippen LogP contribution is 2.24. The van der Waals surface area contributed by atoms with Crippen LogP contribution in [0, 0.1) is 18.8 Å². The molecule has 146 valence electrons. The number of likely N-dealkylation sites (tertiary alicyclic amines) is 1. The summed E-state index contributed by atoms with van der Waals surface area (Å²) < 4.78 is 1.76. The van der Waals surface area contributed by atoms with Crippen LogP contribution >= 0.6 is 0 Å². The van der Waals surface area contributed by atoms with E-state index >= 15 is 0 Å². The number of rotatable bonds is 6. The average molecular weight is 368 g/mol. The minimum atomic E-state index is 0.139. The first-order valence-corrected chi connectivity index (χ1v) is 10.3. The molecule has 1 saturated heterocycles. The van der Waals surface area contributed by atoms with Crippen LogP contribution in [0.15, 0.2) is 30.3 Å². The number of aromatic nitrogens is 2. The molecule has 2 heterocycles. The van der Waals surface area contributed by atoms with Crippen molar-refractivity contribution in [3.8, 4) is 0 Å². The van der Waals surface area contributed by atoms with Gasteiger partial charge in [-0.15, -0.1) is 0 Å². The van der Waals surface area contributed by atoms with E-state index in [1.54, 1.807) is 4.68 Å². The number of amides is 1. The van der Waals surface area contributed by atoms with Crippen LogP contribution in [-0.4, -0.2) is 33.7 Å². The largest absolute Gasteiger partial charge is 0.337 e. The van der Waals surface area contributed by atoms with Gasteiger partial charge < -0.3 is 4.90 Å². The molecule has 0 radical (unpaired) electrons. The van der Waals surface area contributed by atoms with Gasteiger partial charge in [0.05, 0.1) is 5.69 Å². The standard InChI is InChI=1S/C23H33N3O/c1-17(2)14-21-15-22(25(4)24-21)23(27)26-13-7-9-19(16-26)11-12-20-10-6-5-8-18(20)3/h5-6,8,10,15,17,19H,7,9,11-14,16H2,1-4H3/t19-/m1/s1. The zero-order valence-electron chi connectivity index (χ0n) is 17.2. The molecule has 4 nitrogen and oxygen atoms in total. The summed E-state index contributed by atoms with van der Waals surface area (Å²) in [7, 11) is 1.89. The molecule has 1 aliphatic rings. The predicted octanol–water partition coefficient (Wildman–Crippen LogP) is 4.41.